The summed E-state index contributed by atoms with van der Waals surface area (Å²) in [5, 5.41) is 7.78. The highest BCUT2D eigenvalue weighted by atomic mass is 16.5. The monoisotopic (exact) mass is 329 g/mol. The summed E-state index contributed by atoms with van der Waals surface area (Å²) >= 11 is 0. The average molecular weight is 329 g/mol. The molecule has 3 aliphatic rings. The van der Waals surface area contributed by atoms with E-state index in [-0.39, 0.29) is 17.5 Å². The first-order chi connectivity index (χ1) is 11.5. The van der Waals surface area contributed by atoms with Crippen molar-refractivity contribution in [3.63, 3.8) is 0 Å². The Labute approximate surface area is 141 Å². The van der Waals surface area contributed by atoms with Gasteiger partial charge in [0.1, 0.15) is 18.4 Å². The van der Waals surface area contributed by atoms with Crippen LogP contribution in [0.25, 0.3) is 0 Å². The first-order valence-corrected chi connectivity index (χ1v) is 8.34. The maximum atomic E-state index is 12.0. The first-order valence-electron chi connectivity index (χ1n) is 8.34. The number of hydrazone groups is 1. The fourth-order valence-corrected chi connectivity index (χ4v) is 3.75. The maximum Gasteiger partial charge on any atom is 0.262 e. The molecule has 3 heterocycles. The number of carbonyl (C=O) groups excluding carboxylic acids is 1. The third-order valence-electron chi connectivity index (χ3n) is 5.03. The van der Waals surface area contributed by atoms with Crippen LogP contribution in [0.15, 0.2) is 23.3 Å². The molecule has 7 nitrogen and oxygen atoms in total. The number of amides is 1. The van der Waals surface area contributed by atoms with Crippen LogP contribution in [0.5, 0.6) is 5.75 Å². The molecule has 1 aromatic carbocycles. The van der Waals surface area contributed by atoms with Gasteiger partial charge in [0.15, 0.2) is 5.84 Å². The third kappa shape index (κ3) is 2.49. The summed E-state index contributed by atoms with van der Waals surface area (Å²) in [6.07, 6.45) is 1.10. The number of likely N-dealkylation sites (N-methyl/N-ethyl adjacent to an activating group) is 1. The third-order valence-corrected chi connectivity index (χ3v) is 5.03. The Hall–Kier alpha value is -2.28. The quantitative estimate of drug-likeness (QED) is 0.854. The van der Waals surface area contributed by atoms with Gasteiger partial charge in [-0.05, 0) is 45.5 Å². The van der Waals surface area contributed by atoms with E-state index in [1.54, 1.807) is 0 Å². The van der Waals surface area contributed by atoms with Crippen LogP contribution in [0, 0.1) is 0 Å². The topological polar surface area (TPSA) is 69.2 Å². The van der Waals surface area contributed by atoms with Crippen molar-refractivity contribution >= 4 is 23.1 Å². The van der Waals surface area contributed by atoms with Crippen LogP contribution in [-0.4, -0.2) is 55.0 Å². The van der Waals surface area contributed by atoms with E-state index >= 15 is 0 Å². The molecule has 0 radical (unpaired) electrons. The zero-order valence-electron chi connectivity index (χ0n) is 14.3. The van der Waals surface area contributed by atoms with E-state index in [2.05, 4.69) is 40.8 Å². The number of hydrogen-bond acceptors (Lipinski definition) is 6. The number of anilines is 2. The largest absolute Gasteiger partial charge is 0.483 e. The summed E-state index contributed by atoms with van der Waals surface area (Å²) in [7, 11) is 2.14. The lowest BCUT2D eigenvalue weighted by molar-refractivity contribution is -0.122. The van der Waals surface area contributed by atoms with Gasteiger partial charge in [-0.3, -0.25) is 4.79 Å². The molecule has 2 N–H and O–H groups in total. The average Bonchev–Trinajstić information content (AvgIpc) is 2.89. The Kier molecular flexibility index (Phi) is 3.42. The van der Waals surface area contributed by atoms with Crippen molar-refractivity contribution < 1.29 is 9.53 Å². The number of nitrogens with one attached hydrogen (secondary N) is 2. The minimum Gasteiger partial charge on any atom is -0.483 e. The molecule has 1 fully saturated rings. The number of ether oxygens (including phenoxy) is 1. The molecule has 3 aliphatic heterocycles. The summed E-state index contributed by atoms with van der Waals surface area (Å²) in [6, 6.07) is 5.76. The van der Waals surface area contributed by atoms with Gasteiger partial charge in [-0.15, -0.1) is 0 Å². The Morgan fingerprint density at radius 3 is 3.04 bits per heavy atom. The zero-order chi connectivity index (χ0) is 16.9. The van der Waals surface area contributed by atoms with Gasteiger partial charge in [0.2, 0.25) is 0 Å². The van der Waals surface area contributed by atoms with Crippen molar-refractivity contribution in [1.29, 1.82) is 0 Å². The number of fused-ring (bicyclic) bond motifs is 3. The minimum atomic E-state index is -0.302. The van der Waals surface area contributed by atoms with Crippen LogP contribution in [-0.2, 0) is 4.79 Å². The lowest BCUT2D eigenvalue weighted by atomic mass is 10.0. The molecule has 0 aliphatic carbocycles. The lowest BCUT2D eigenvalue weighted by Gasteiger charge is -2.38. The van der Waals surface area contributed by atoms with Crippen molar-refractivity contribution in [2.45, 2.75) is 31.8 Å². The number of carbonyl (C=O) groups is 1. The van der Waals surface area contributed by atoms with Crippen LogP contribution in [0.2, 0.25) is 0 Å². The van der Waals surface area contributed by atoms with Crippen LogP contribution < -0.4 is 20.4 Å². The number of nitrogens with zero attached hydrogens (tertiary/aromatic N) is 3. The molecule has 0 saturated carbocycles. The van der Waals surface area contributed by atoms with Crippen LogP contribution in [0.1, 0.15) is 20.3 Å². The van der Waals surface area contributed by atoms with Gasteiger partial charge in [0.05, 0.1) is 5.69 Å². The summed E-state index contributed by atoms with van der Waals surface area (Å²) < 4.78 is 5.78. The number of benzene rings is 1. The number of likely N-dealkylation sites (tertiary alicyclic amines) is 1. The molecule has 1 saturated heterocycles. The Morgan fingerprint density at radius 1 is 1.46 bits per heavy atom. The van der Waals surface area contributed by atoms with E-state index in [1.165, 1.54) is 0 Å². The van der Waals surface area contributed by atoms with Gasteiger partial charge in [-0.25, -0.2) is 5.43 Å². The van der Waals surface area contributed by atoms with Crippen molar-refractivity contribution in [2.75, 3.05) is 37.0 Å². The van der Waals surface area contributed by atoms with Gasteiger partial charge in [0, 0.05) is 24.3 Å². The van der Waals surface area contributed by atoms with Crippen molar-refractivity contribution in [3.8, 4) is 5.75 Å². The van der Waals surface area contributed by atoms with Crippen molar-refractivity contribution in [3.05, 3.63) is 18.2 Å². The number of rotatable bonds is 2. The first kappa shape index (κ1) is 15.3. The lowest BCUT2D eigenvalue weighted by Crippen LogP contribution is -2.55. The molecular formula is C17H23N5O2. The molecule has 24 heavy (non-hydrogen) atoms. The molecule has 1 aromatic rings. The summed E-state index contributed by atoms with van der Waals surface area (Å²) in [6.45, 7) is 6.60. The van der Waals surface area contributed by atoms with Gasteiger partial charge >= 0.3 is 0 Å². The van der Waals surface area contributed by atoms with Gasteiger partial charge in [-0.2, -0.15) is 5.10 Å². The van der Waals surface area contributed by atoms with E-state index in [4.69, 9.17) is 4.74 Å². The number of hydrogen-bond donors (Lipinski definition) is 2. The summed E-state index contributed by atoms with van der Waals surface area (Å²) in [5.74, 6) is 1.42. The summed E-state index contributed by atoms with van der Waals surface area (Å²) in [4.78, 5) is 16.3. The molecule has 2 atom stereocenters. The smallest absolute Gasteiger partial charge is 0.262 e. The van der Waals surface area contributed by atoms with E-state index in [0.717, 1.165) is 42.5 Å². The Morgan fingerprint density at radius 2 is 2.29 bits per heavy atom. The molecule has 128 valence electrons. The minimum absolute atomic E-state index is 0.0559. The highest BCUT2D eigenvalue weighted by Gasteiger charge is 2.36. The molecule has 0 aromatic heterocycles. The fraction of sp³-hybridized carbons (Fsp3) is 0.529. The molecule has 4 rings (SSSR count). The molecular weight excluding hydrogens is 306 g/mol. The standard InChI is InChI=1S/C17H23N5O2/c1-11-16(23)20-19-15-9-24-14-5-4-12(8-13(14)22(11)15)18-17(2)6-7-21(3)10-17/h4-5,8,11,18H,6-7,9-10H2,1-3H3,(H,20,23)/t11?,17-/m0/s1. The summed E-state index contributed by atoms with van der Waals surface area (Å²) in [5.41, 5.74) is 4.54. The van der Waals surface area contributed by atoms with E-state index < -0.39 is 0 Å². The maximum absolute atomic E-state index is 12.0. The van der Waals surface area contributed by atoms with Gasteiger partial charge in [0.25, 0.3) is 5.91 Å². The van der Waals surface area contributed by atoms with Crippen LogP contribution in [0.4, 0.5) is 11.4 Å². The predicted octanol–water partition coefficient (Wildman–Crippen LogP) is 1.22. The Balaban J connectivity index is 1.66. The normalized spacial score (nSPS) is 29.3. The van der Waals surface area contributed by atoms with Crippen molar-refractivity contribution in [2.24, 2.45) is 5.10 Å². The van der Waals surface area contributed by atoms with Crippen LogP contribution in [0.3, 0.4) is 0 Å². The van der Waals surface area contributed by atoms with Crippen molar-refractivity contribution in [1.82, 2.24) is 10.3 Å². The van der Waals surface area contributed by atoms with E-state index in [9.17, 15) is 4.79 Å². The second-order valence-electron chi connectivity index (χ2n) is 7.19. The SMILES string of the molecule is CC1C(=O)NN=C2COc3ccc(N[C@@]4(C)CCN(C)C4)cc3N21. The van der Waals surface area contributed by atoms with Gasteiger partial charge in [-0.1, -0.05) is 0 Å². The predicted molar refractivity (Wildman–Crippen MR) is 93.6 cm³/mol. The zero-order valence-corrected chi connectivity index (χ0v) is 14.3. The second kappa shape index (κ2) is 5.37. The highest BCUT2D eigenvalue weighted by Crippen LogP contribution is 2.38. The van der Waals surface area contributed by atoms with Gasteiger partial charge < -0.3 is 19.9 Å². The second-order valence-corrected chi connectivity index (χ2v) is 7.19. The highest BCUT2D eigenvalue weighted by molar-refractivity contribution is 6.09. The number of amidine groups is 1. The molecule has 7 heteroatoms. The molecule has 0 bridgehead atoms. The molecule has 1 amide bonds. The molecule has 1 unspecified atom stereocenters. The van der Waals surface area contributed by atoms with E-state index in [0.29, 0.717) is 6.61 Å². The fourth-order valence-electron chi connectivity index (χ4n) is 3.75. The van der Waals surface area contributed by atoms with E-state index in [1.807, 2.05) is 24.0 Å². The Bertz CT molecular complexity index is 719. The van der Waals surface area contributed by atoms with Crippen LogP contribution >= 0.6 is 0 Å². The molecule has 0 spiro atoms.